The van der Waals surface area contributed by atoms with Gasteiger partial charge in [0.05, 0.1) is 11.8 Å². The molecule has 0 bridgehead atoms. The second kappa shape index (κ2) is 17.1. The van der Waals surface area contributed by atoms with Crippen LogP contribution in [0.15, 0.2) is 30.3 Å². The zero-order valence-electron chi connectivity index (χ0n) is 23.6. The second-order valence-corrected chi connectivity index (χ2v) is 10.2. The third kappa shape index (κ3) is 10.4. The van der Waals surface area contributed by atoms with Gasteiger partial charge in [0.15, 0.2) is 5.69 Å². The monoisotopic (exact) mass is 512 g/mol. The first-order chi connectivity index (χ1) is 18.0. The van der Waals surface area contributed by atoms with Gasteiger partial charge in [0.1, 0.15) is 5.75 Å². The van der Waals surface area contributed by atoms with E-state index in [1.54, 1.807) is 7.05 Å². The van der Waals surface area contributed by atoms with Crippen molar-refractivity contribution in [2.45, 2.75) is 84.2 Å². The molecule has 2 heterocycles. The number of hydrogen-bond donors (Lipinski definition) is 2. The van der Waals surface area contributed by atoms with Crippen LogP contribution in [0.3, 0.4) is 0 Å². The van der Waals surface area contributed by atoms with Crippen molar-refractivity contribution in [2.75, 3.05) is 34.3 Å². The number of aryl methyl sites for hydroxylation is 1. The van der Waals surface area contributed by atoms with E-state index >= 15 is 0 Å². The molecule has 0 radical (unpaired) electrons. The summed E-state index contributed by atoms with van der Waals surface area (Å²) in [6.07, 6.45) is 12.3. The highest BCUT2D eigenvalue weighted by atomic mass is 16.5. The zero-order valence-corrected chi connectivity index (χ0v) is 23.6. The molecule has 1 aliphatic carbocycles. The van der Waals surface area contributed by atoms with Crippen LogP contribution in [0.5, 0.6) is 5.75 Å². The van der Waals surface area contributed by atoms with Crippen LogP contribution in [0.2, 0.25) is 0 Å². The van der Waals surface area contributed by atoms with E-state index in [2.05, 4.69) is 53.4 Å². The maximum atomic E-state index is 12.0. The molecule has 0 spiro atoms. The summed E-state index contributed by atoms with van der Waals surface area (Å²) in [5, 5.41) is 18.0. The van der Waals surface area contributed by atoms with Gasteiger partial charge in [-0.25, -0.2) is 0 Å². The van der Waals surface area contributed by atoms with Crippen LogP contribution in [0, 0.1) is 5.92 Å². The van der Waals surface area contributed by atoms with Crippen molar-refractivity contribution in [3.63, 3.8) is 0 Å². The van der Waals surface area contributed by atoms with Gasteiger partial charge < -0.3 is 20.1 Å². The molecule has 37 heavy (non-hydrogen) atoms. The topological polar surface area (TPSA) is 87.6 Å². The number of piperidine rings is 1. The highest BCUT2D eigenvalue weighted by molar-refractivity contribution is 5.93. The van der Waals surface area contributed by atoms with Gasteiger partial charge in [0.2, 0.25) is 0 Å². The van der Waals surface area contributed by atoms with E-state index in [-0.39, 0.29) is 5.91 Å². The number of carbonyl (C=O) groups is 1. The van der Waals surface area contributed by atoms with Gasteiger partial charge >= 0.3 is 0 Å². The molecule has 7 heteroatoms. The minimum Gasteiger partial charge on any atom is -0.490 e. The number of nitrogens with one attached hydrogen (secondary N) is 1. The molecule has 206 valence electrons. The van der Waals surface area contributed by atoms with Crippen LogP contribution < -0.4 is 10.1 Å². The van der Waals surface area contributed by atoms with Crippen LogP contribution in [0.1, 0.15) is 87.8 Å². The van der Waals surface area contributed by atoms with Gasteiger partial charge in [-0.3, -0.25) is 4.79 Å². The number of aliphatic hydroxyl groups is 1. The lowest BCUT2D eigenvalue weighted by Gasteiger charge is -2.26. The number of amides is 1. The van der Waals surface area contributed by atoms with Crippen molar-refractivity contribution in [1.29, 1.82) is 0 Å². The number of rotatable bonds is 7. The van der Waals surface area contributed by atoms with Gasteiger partial charge in [0.25, 0.3) is 5.91 Å². The number of aromatic nitrogens is 2. The lowest BCUT2D eigenvalue weighted by atomic mass is 9.97. The smallest absolute Gasteiger partial charge is 0.271 e. The van der Waals surface area contributed by atoms with E-state index in [0.717, 1.165) is 67.7 Å². The molecule has 7 nitrogen and oxygen atoms in total. The molecule has 1 aromatic heterocycles. The molecular weight excluding hydrogens is 464 g/mol. The molecule has 2 fully saturated rings. The average Bonchev–Trinajstić information content (AvgIpc) is 2.94. The highest BCUT2D eigenvalue weighted by Gasteiger charge is 2.16. The predicted octanol–water partition coefficient (Wildman–Crippen LogP) is 5.51. The van der Waals surface area contributed by atoms with E-state index < -0.39 is 0 Å². The largest absolute Gasteiger partial charge is 0.490 e. The van der Waals surface area contributed by atoms with E-state index in [0.29, 0.717) is 11.8 Å². The highest BCUT2D eigenvalue weighted by Crippen LogP contribution is 2.28. The number of aliphatic hydroxyl groups excluding tert-OH is 1. The number of hydrogen-bond acceptors (Lipinski definition) is 6. The third-order valence-corrected chi connectivity index (χ3v) is 6.98. The predicted molar refractivity (Wildman–Crippen MR) is 151 cm³/mol. The molecule has 1 saturated heterocycles. The van der Waals surface area contributed by atoms with E-state index in [1.807, 2.05) is 18.2 Å². The number of ether oxygens (including phenoxy) is 1. The lowest BCUT2D eigenvalue weighted by molar-refractivity contribution is 0.0957. The molecular formula is C30H48N4O3. The Morgan fingerprint density at radius 2 is 1.78 bits per heavy atom. The molecule has 2 aromatic rings. The number of unbranched alkanes of at least 4 members (excludes halogenated alkanes) is 1. The SMILES string of the molecule is CC1CCCN(C)C1.CCCCc1nnc(C(=O)NC)cc1-c1ccc(OC2CCCCC2)cc1.CO. The average molecular weight is 513 g/mol. The second-order valence-electron chi connectivity index (χ2n) is 10.2. The Kier molecular flexibility index (Phi) is 14.2. The quantitative estimate of drug-likeness (QED) is 0.508. The molecule has 1 aromatic carbocycles. The third-order valence-electron chi connectivity index (χ3n) is 6.98. The summed E-state index contributed by atoms with van der Waals surface area (Å²) in [7, 11) is 4.81. The lowest BCUT2D eigenvalue weighted by Crippen LogP contribution is -2.30. The fourth-order valence-electron chi connectivity index (χ4n) is 4.95. The van der Waals surface area contributed by atoms with E-state index in [9.17, 15) is 4.79 Å². The van der Waals surface area contributed by atoms with Crippen LogP contribution in [0.25, 0.3) is 11.1 Å². The number of likely N-dealkylation sites (tertiary alicyclic amines) is 1. The Bertz CT molecular complexity index is 906. The van der Waals surface area contributed by atoms with Crippen molar-refractivity contribution in [3.05, 3.63) is 41.7 Å². The summed E-state index contributed by atoms with van der Waals surface area (Å²) < 4.78 is 6.13. The van der Waals surface area contributed by atoms with Crippen molar-refractivity contribution in [1.82, 2.24) is 20.4 Å². The maximum Gasteiger partial charge on any atom is 0.271 e. The Hall–Kier alpha value is -2.51. The molecule has 1 aliphatic heterocycles. The zero-order chi connectivity index (χ0) is 27.0. The van der Waals surface area contributed by atoms with Crippen molar-refractivity contribution in [2.24, 2.45) is 5.92 Å². The van der Waals surface area contributed by atoms with E-state index in [4.69, 9.17) is 9.84 Å². The Labute approximate surface area is 224 Å². The summed E-state index contributed by atoms with van der Waals surface area (Å²) in [6, 6.07) is 9.99. The van der Waals surface area contributed by atoms with Gasteiger partial charge in [-0.2, -0.15) is 5.10 Å². The number of benzene rings is 1. The van der Waals surface area contributed by atoms with Crippen molar-refractivity contribution < 1.29 is 14.6 Å². The first-order valence-corrected chi connectivity index (χ1v) is 14.0. The fourth-order valence-corrected chi connectivity index (χ4v) is 4.95. The van der Waals surface area contributed by atoms with Gasteiger partial charge in [-0.05, 0) is 94.6 Å². The van der Waals surface area contributed by atoms with Gasteiger partial charge in [-0.1, -0.05) is 38.8 Å². The maximum absolute atomic E-state index is 12.0. The number of carbonyl (C=O) groups excluding carboxylic acids is 1. The molecule has 2 N–H and O–H groups in total. The molecule has 1 amide bonds. The van der Waals surface area contributed by atoms with Gasteiger partial charge in [0, 0.05) is 26.3 Å². The van der Waals surface area contributed by atoms with Crippen molar-refractivity contribution in [3.8, 4) is 16.9 Å². The number of nitrogens with zero attached hydrogens (tertiary/aromatic N) is 3. The summed E-state index contributed by atoms with van der Waals surface area (Å²) in [4.78, 5) is 14.4. The fraction of sp³-hybridized carbons (Fsp3) is 0.633. The minimum atomic E-state index is -0.219. The summed E-state index contributed by atoms with van der Waals surface area (Å²) in [5.74, 6) is 1.63. The van der Waals surface area contributed by atoms with E-state index in [1.165, 1.54) is 45.2 Å². The molecule has 4 rings (SSSR count). The van der Waals surface area contributed by atoms with Crippen LogP contribution in [-0.2, 0) is 6.42 Å². The minimum absolute atomic E-state index is 0.219. The van der Waals surface area contributed by atoms with Crippen LogP contribution in [-0.4, -0.2) is 66.5 Å². The standard InChI is InChI=1S/C22H29N3O2.C7H15N.CH4O/c1-3-4-10-20-19(15-21(25-24-20)22(26)23-2)16-11-13-18(14-12-16)27-17-8-6-5-7-9-17;1-7-4-3-5-8(2)6-7;1-2/h11-15,17H,3-10H2,1-2H3,(H,23,26);7H,3-6H2,1-2H3;2H,1H3. The molecule has 1 unspecified atom stereocenters. The molecule has 2 aliphatic rings. The first-order valence-electron chi connectivity index (χ1n) is 14.0. The van der Waals surface area contributed by atoms with Gasteiger partial charge in [-0.15, -0.1) is 5.10 Å². The molecule has 1 saturated carbocycles. The Morgan fingerprint density at radius 3 is 2.35 bits per heavy atom. The summed E-state index contributed by atoms with van der Waals surface area (Å²) in [6.45, 7) is 7.10. The Balaban J connectivity index is 0.000000406. The summed E-state index contributed by atoms with van der Waals surface area (Å²) >= 11 is 0. The van der Waals surface area contributed by atoms with Crippen molar-refractivity contribution >= 4 is 5.91 Å². The Morgan fingerprint density at radius 1 is 1.08 bits per heavy atom. The van der Waals surface area contributed by atoms with Crippen LogP contribution in [0.4, 0.5) is 0 Å². The normalized spacial score (nSPS) is 18.1. The molecule has 1 atom stereocenters. The van der Waals surface area contributed by atoms with Crippen LogP contribution >= 0.6 is 0 Å². The first kappa shape index (κ1) is 30.7. The summed E-state index contributed by atoms with van der Waals surface area (Å²) in [5.41, 5.74) is 3.29.